The number of nitrogens with zero attached hydrogens (tertiary/aromatic N) is 1. The molecule has 1 aliphatic rings. The van der Waals surface area contributed by atoms with Gasteiger partial charge in [-0.25, -0.2) is 0 Å². The Morgan fingerprint density at radius 1 is 1.03 bits per heavy atom. The van der Waals surface area contributed by atoms with Crippen LogP contribution in [0.4, 0.5) is 5.69 Å². The van der Waals surface area contributed by atoms with Crippen molar-refractivity contribution in [3.8, 4) is 11.5 Å². The van der Waals surface area contributed by atoms with Crippen LogP contribution >= 0.6 is 0 Å². The van der Waals surface area contributed by atoms with E-state index in [0.717, 1.165) is 41.6 Å². The summed E-state index contributed by atoms with van der Waals surface area (Å²) in [5.74, 6) is 2.37. The van der Waals surface area contributed by atoms with E-state index < -0.39 is 0 Å². The number of nitrogens with one attached hydrogen (secondary N) is 1. The van der Waals surface area contributed by atoms with Gasteiger partial charge in [-0.05, 0) is 81.3 Å². The predicted molar refractivity (Wildman–Crippen MR) is 131 cm³/mol. The quantitative estimate of drug-likeness (QED) is 0.530. The summed E-state index contributed by atoms with van der Waals surface area (Å²) < 4.78 is 11.3. The molecule has 1 fully saturated rings. The second-order valence-electron chi connectivity index (χ2n) is 8.70. The van der Waals surface area contributed by atoms with Crippen molar-refractivity contribution in [3.05, 3.63) is 53.6 Å². The average molecular weight is 439 g/mol. The maximum Gasteiger partial charge on any atom is 0.220 e. The van der Waals surface area contributed by atoms with E-state index in [1.807, 2.05) is 39.0 Å². The third-order valence-electron chi connectivity index (χ3n) is 6.17. The van der Waals surface area contributed by atoms with Crippen LogP contribution in [0.1, 0.15) is 64.1 Å². The van der Waals surface area contributed by atoms with E-state index in [1.54, 1.807) is 0 Å². The van der Waals surface area contributed by atoms with Gasteiger partial charge in [-0.3, -0.25) is 4.79 Å². The molecule has 3 rings (SSSR count). The first-order valence-corrected chi connectivity index (χ1v) is 12.0. The molecule has 1 saturated heterocycles. The van der Waals surface area contributed by atoms with Gasteiger partial charge >= 0.3 is 0 Å². The topological polar surface area (TPSA) is 50.8 Å². The normalized spacial score (nSPS) is 15.3. The Hall–Kier alpha value is -2.69. The summed E-state index contributed by atoms with van der Waals surface area (Å²) in [6.07, 6.45) is 3.62. The Labute approximate surface area is 193 Å². The van der Waals surface area contributed by atoms with Gasteiger partial charge in [-0.15, -0.1) is 0 Å². The minimum absolute atomic E-state index is 0.0164. The zero-order valence-corrected chi connectivity index (χ0v) is 20.0. The Kier molecular flexibility index (Phi) is 8.83. The molecule has 5 nitrogen and oxygen atoms in total. The fourth-order valence-corrected chi connectivity index (χ4v) is 4.15. The second kappa shape index (κ2) is 11.8. The van der Waals surface area contributed by atoms with Crippen molar-refractivity contribution in [2.45, 2.75) is 59.4 Å². The molecule has 5 heteroatoms. The largest absolute Gasteiger partial charge is 0.490 e. The summed E-state index contributed by atoms with van der Waals surface area (Å²) in [6, 6.07) is 14.5. The van der Waals surface area contributed by atoms with Crippen LogP contribution in [0, 0.1) is 5.92 Å². The molecule has 1 amide bonds. The van der Waals surface area contributed by atoms with Crippen molar-refractivity contribution in [1.82, 2.24) is 5.32 Å². The minimum Gasteiger partial charge on any atom is -0.490 e. The van der Waals surface area contributed by atoms with Gasteiger partial charge in [0.15, 0.2) is 11.5 Å². The number of carbonyl (C=O) groups excluding carboxylic acids is 1. The summed E-state index contributed by atoms with van der Waals surface area (Å²) in [4.78, 5) is 15.0. The molecule has 1 heterocycles. The SMILES string of the molecule is CCOc1ccc(CCC(=O)N[C@H](C)c2ccc(N3CCC(C)CC3)cc2)cc1OCC. The molecular weight excluding hydrogens is 400 g/mol. The summed E-state index contributed by atoms with van der Waals surface area (Å²) in [6.45, 7) is 11.7. The zero-order chi connectivity index (χ0) is 22.9. The number of piperidine rings is 1. The molecule has 0 aliphatic carbocycles. The fraction of sp³-hybridized carbons (Fsp3) is 0.519. The molecule has 0 unspecified atom stereocenters. The number of aryl methyl sites for hydroxylation is 1. The average Bonchev–Trinajstić information content (AvgIpc) is 2.80. The van der Waals surface area contributed by atoms with E-state index in [9.17, 15) is 4.79 Å². The van der Waals surface area contributed by atoms with E-state index in [-0.39, 0.29) is 11.9 Å². The highest BCUT2D eigenvalue weighted by atomic mass is 16.5. The van der Waals surface area contributed by atoms with Crippen LogP contribution in [-0.2, 0) is 11.2 Å². The molecule has 2 aromatic rings. The molecule has 0 saturated carbocycles. The van der Waals surface area contributed by atoms with Crippen LogP contribution in [0.3, 0.4) is 0 Å². The summed E-state index contributed by atoms with van der Waals surface area (Å²) in [5, 5.41) is 3.13. The van der Waals surface area contributed by atoms with E-state index >= 15 is 0 Å². The Morgan fingerprint density at radius 2 is 1.69 bits per heavy atom. The third-order valence-corrected chi connectivity index (χ3v) is 6.17. The molecule has 0 aromatic heterocycles. The molecule has 1 aliphatic heterocycles. The van der Waals surface area contributed by atoms with Crippen LogP contribution in [0.5, 0.6) is 11.5 Å². The minimum atomic E-state index is -0.0164. The number of benzene rings is 2. The highest BCUT2D eigenvalue weighted by Crippen LogP contribution is 2.29. The van der Waals surface area contributed by atoms with Crippen LogP contribution in [0.2, 0.25) is 0 Å². The van der Waals surface area contributed by atoms with Gasteiger partial charge in [0.05, 0.1) is 19.3 Å². The van der Waals surface area contributed by atoms with Crippen LogP contribution in [0.15, 0.2) is 42.5 Å². The van der Waals surface area contributed by atoms with Gasteiger partial charge in [0.1, 0.15) is 0 Å². The number of amides is 1. The summed E-state index contributed by atoms with van der Waals surface area (Å²) >= 11 is 0. The van der Waals surface area contributed by atoms with E-state index in [1.165, 1.54) is 18.5 Å². The molecule has 1 N–H and O–H groups in total. The van der Waals surface area contributed by atoms with Gasteiger partial charge in [-0.2, -0.15) is 0 Å². The molecule has 2 aromatic carbocycles. The molecule has 0 spiro atoms. The van der Waals surface area contributed by atoms with Crippen molar-refractivity contribution in [3.63, 3.8) is 0 Å². The lowest BCUT2D eigenvalue weighted by Crippen LogP contribution is -2.32. The molecule has 32 heavy (non-hydrogen) atoms. The van der Waals surface area contributed by atoms with Gasteiger partial charge in [0, 0.05) is 25.2 Å². The maximum absolute atomic E-state index is 12.5. The Bertz CT molecular complexity index is 858. The monoisotopic (exact) mass is 438 g/mol. The van der Waals surface area contributed by atoms with Crippen LogP contribution in [-0.4, -0.2) is 32.2 Å². The number of rotatable bonds is 10. The molecule has 1 atom stereocenters. The number of carbonyl (C=O) groups is 1. The smallest absolute Gasteiger partial charge is 0.220 e. The highest BCUT2D eigenvalue weighted by Gasteiger charge is 2.17. The molecule has 0 radical (unpaired) electrons. The van der Waals surface area contributed by atoms with Crippen molar-refractivity contribution >= 4 is 11.6 Å². The lowest BCUT2D eigenvalue weighted by atomic mass is 9.98. The number of anilines is 1. The summed E-state index contributed by atoms with van der Waals surface area (Å²) in [7, 11) is 0. The standard InChI is InChI=1S/C27H38N2O3/c1-5-31-25-13-7-22(19-26(25)32-6-2)8-14-27(30)28-21(4)23-9-11-24(12-10-23)29-17-15-20(3)16-18-29/h7,9-13,19-21H,5-6,8,14-18H2,1-4H3,(H,28,30)/t21-/m1/s1. The summed E-state index contributed by atoms with van der Waals surface area (Å²) in [5.41, 5.74) is 3.48. The van der Waals surface area contributed by atoms with Crippen LogP contribution < -0.4 is 19.7 Å². The first kappa shape index (κ1) is 24.0. The number of ether oxygens (including phenoxy) is 2. The van der Waals surface area contributed by atoms with Gasteiger partial charge < -0.3 is 19.7 Å². The predicted octanol–water partition coefficient (Wildman–Crippen LogP) is 5.53. The first-order chi connectivity index (χ1) is 15.5. The number of hydrogen-bond acceptors (Lipinski definition) is 4. The fourth-order valence-electron chi connectivity index (χ4n) is 4.15. The van der Waals surface area contributed by atoms with Gasteiger partial charge in [0.2, 0.25) is 5.91 Å². The van der Waals surface area contributed by atoms with Crippen molar-refractivity contribution < 1.29 is 14.3 Å². The highest BCUT2D eigenvalue weighted by molar-refractivity contribution is 5.76. The van der Waals surface area contributed by atoms with Crippen molar-refractivity contribution in [1.29, 1.82) is 0 Å². The lowest BCUT2D eigenvalue weighted by Gasteiger charge is -2.32. The van der Waals surface area contributed by atoms with E-state index in [0.29, 0.717) is 26.1 Å². The zero-order valence-electron chi connectivity index (χ0n) is 20.0. The van der Waals surface area contributed by atoms with E-state index in [2.05, 4.69) is 41.4 Å². The molecular formula is C27H38N2O3. The molecule has 0 bridgehead atoms. The first-order valence-electron chi connectivity index (χ1n) is 12.0. The third kappa shape index (κ3) is 6.65. The maximum atomic E-state index is 12.5. The molecule has 174 valence electrons. The van der Waals surface area contributed by atoms with Crippen molar-refractivity contribution in [2.75, 3.05) is 31.2 Å². The lowest BCUT2D eigenvalue weighted by molar-refractivity contribution is -0.121. The van der Waals surface area contributed by atoms with Gasteiger partial charge in [-0.1, -0.05) is 25.1 Å². The van der Waals surface area contributed by atoms with Crippen LogP contribution in [0.25, 0.3) is 0 Å². The number of hydrogen-bond donors (Lipinski definition) is 1. The van der Waals surface area contributed by atoms with Gasteiger partial charge in [0.25, 0.3) is 0 Å². The Balaban J connectivity index is 1.51. The van der Waals surface area contributed by atoms with Crippen molar-refractivity contribution in [2.24, 2.45) is 5.92 Å². The van der Waals surface area contributed by atoms with E-state index in [4.69, 9.17) is 9.47 Å². The Morgan fingerprint density at radius 3 is 2.34 bits per heavy atom. The second-order valence-corrected chi connectivity index (χ2v) is 8.70.